The quantitative estimate of drug-likeness (QED) is 0.316. The molecule has 4 rings (SSSR count). The molecule has 0 N–H and O–H groups in total. The van der Waals surface area contributed by atoms with Gasteiger partial charge in [-0.1, -0.05) is 0 Å². The van der Waals surface area contributed by atoms with Crippen molar-refractivity contribution in [1.29, 1.82) is 0 Å². The molecular weight excluding hydrogens is 475 g/mol. The summed E-state index contributed by atoms with van der Waals surface area (Å²) in [5, 5.41) is 0. The van der Waals surface area contributed by atoms with Gasteiger partial charge in [-0.25, -0.2) is 0 Å². The summed E-state index contributed by atoms with van der Waals surface area (Å²) in [6.45, 7) is 2.21. The first-order valence-electron chi connectivity index (χ1n) is 10.2. The van der Waals surface area contributed by atoms with Crippen LogP contribution in [0.3, 0.4) is 0 Å². The van der Waals surface area contributed by atoms with Crippen LogP contribution in [-0.2, 0) is 12.2 Å². The number of aryl methyl sites for hydroxylation is 1. The van der Waals surface area contributed by atoms with Gasteiger partial charge in [-0.15, -0.1) is 0 Å². The molecule has 0 spiro atoms. The first-order valence-corrected chi connectivity index (χ1v) is 19.0. The van der Waals surface area contributed by atoms with Crippen molar-refractivity contribution in [2.75, 3.05) is 0 Å². The molecule has 4 aromatic rings. The van der Waals surface area contributed by atoms with E-state index in [0.717, 1.165) is 12.2 Å². The van der Waals surface area contributed by atoms with Crippen LogP contribution in [0.1, 0.15) is 18.1 Å². The summed E-state index contributed by atoms with van der Waals surface area (Å²) in [4.78, 5) is 0. The molecule has 0 aliphatic carbocycles. The predicted octanol–water partition coefficient (Wildman–Crippen LogP) is 5.15. The third-order valence-corrected chi connectivity index (χ3v) is 25.8. The number of hydrogen-bond donors (Lipinski definition) is 0. The Morgan fingerprint density at radius 2 is 0.897 bits per heavy atom. The maximum atomic E-state index is 2.35. The van der Waals surface area contributed by atoms with Gasteiger partial charge in [-0.2, -0.15) is 0 Å². The van der Waals surface area contributed by atoms with Crippen molar-refractivity contribution < 1.29 is 0 Å². The van der Waals surface area contributed by atoms with E-state index in [1.54, 1.807) is 0 Å². The van der Waals surface area contributed by atoms with E-state index < -0.39 is 17.0 Å². The van der Waals surface area contributed by atoms with Gasteiger partial charge in [0.05, 0.1) is 0 Å². The van der Waals surface area contributed by atoms with Crippen molar-refractivity contribution in [3.05, 3.63) is 126 Å². The zero-order chi connectivity index (χ0) is 19.9. The molecule has 0 atom stereocenters. The molecule has 0 bridgehead atoms. The summed E-state index contributed by atoms with van der Waals surface area (Å²) in [5.74, 6) is 1.04. The van der Waals surface area contributed by atoms with E-state index >= 15 is 0 Å². The summed E-state index contributed by atoms with van der Waals surface area (Å²) in [6, 6.07) is 42.9. The molecule has 0 radical (unpaired) electrons. The van der Waals surface area contributed by atoms with Crippen LogP contribution < -0.4 is 10.7 Å². The zero-order valence-corrected chi connectivity index (χ0v) is 20.5. The van der Waals surface area contributed by atoms with Crippen LogP contribution in [0.2, 0.25) is 0 Å². The van der Waals surface area contributed by atoms with E-state index in [-0.39, 0.29) is 0 Å². The molecule has 0 unspecified atom stereocenters. The van der Waals surface area contributed by atoms with Gasteiger partial charge in [-0.05, 0) is 0 Å². The summed E-state index contributed by atoms with van der Waals surface area (Å²) < 4.78 is 4.57. The van der Waals surface area contributed by atoms with E-state index in [0.29, 0.717) is 0 Å². The first-order chi connectivity index (χ1) is 14.3. The molecule has 0 nitrogen and oxygen atoms in total. The Morgan fingerprint density at radius 1 is 0.517 bits per heavy atom. The summed E-state index contributed by atoms with van der Waals surface area (Å²) in [7, 11) is 2.20. The third kappa shape index (κ3) is 4.46. The van der Waals surface area contributed by atoms with Gasteiger partial charge < -0.3 is 0 Å². The van der Waals surface area contributed by atoms with Crippen molar-refractivity contribution in [3.63, 3.8) is 0 Å². The van der Waals surface area contributed by atoms with Gasteiger partial charge in [0.15, 0.2) is 0 Å². The van der Waals surface area contributed by atoms with E-state index in [2.05, 4.69) is 131 Å². The fourth-order valence-corrected chi connectivity index (χ4v) is 23.7. The van der Waals surface area contributed by atoms with Crippen LogP contribution in [-0.4, -0.2) is 17.0 Å². The fraction of sp³-hybridized carbons (Fsp3) is 0.111. The predicted molar refractivity (Wildman–Crippen MR) is 131 cm³/mol. The number of rotatable bonds is 7. The fourth-order valence-electron chi connectivity index (χ4n) is 3.83. The van der Waals surface area contributed by atoms with Crippen LogP contribution in [0, 0.1) is 0 Å². The molecule has 29 heavy (non-hydrogen) atoms. The Balaban J connectivity index is 1.83. The molecule has 0 fully saturated rings. The van der Waals surface area contributed by atoms with E-state index in [4.69, 9.17) is 0 Å². The Bertz CT molecular complexity index is 916. The van der Waals surface area contributed by atoms with Crippen molar-refractivity contribution in [2.24, 2.45) is 0 Å². The van der Waals surface area contributed by atoms with E-state index in [1.165, 1.54) is 21.9 Å². The second-order valence-electron chi connectivity index (χ2n) is 7.24. The zero-order valence-electron chi connectivity index (χ0n) is 16.8. The monoisotopic (exact) mass is 502 g/mol. The maximum absolute atomic E-state index is 3.21. The van der Waals surface area contributed by atoms with Crippen molar-refractivity contribution in [2.45, 2.75) is 19.1 Å². The Kier molecular flexibility index (Phi) is 6.78. The van der Waals surface area contributed by atoms with Gasteiger partial charge in [0.25, 0.3) is 0 Å². The van der Waals surface area contributed by atoms with Crippen molar-refractivity contribution in [3.8, 4) is 0 Å². The van der Waals surface area contributed by atoms with Gasteiger partial charge in [0.2, 0.25) is 0 Å². The second kappa shape index (κ2) is 9.69. The van der Waals surface area contributed by atoms with Crippen LogP contribution in [0.15, 0.2) is 115 Å². The Hall–Kier alpha value is -1.97. The minimum absolute atomic E-state index is 1.04. The van der Waals surface area contributed by atoms with Gasteiger partial charge in [-0.3, -0.25) is 0 Å². The molecule has 0 aromatic heterocycles. The number of benzene rings is 4. The number of hydrogen-bond acceptors (Lipinski definition) is 1. The molecule has 0 saturated carbocycles. The molecule has 144 valence electrons. The topological polar surface area (TPSA) is 0 Å². The molecule has 0 heterocycles. The average molecular weight is 501 g/mol. The third-order valence-electron chi connectivity index (χ3n) is 5.43. The summed E-state index contributed by atoms with van der Waals surface area (Å²) in [5.41, 5.74) is 2.82. The molecule has 2 heteroatoms. The SMILES string of the molecule is CCc1ccc(C[S][Sn]([c]2ccccc2)([c]2ccccc2)[c]2ccccc2)cc1. The Morgan fingerprint density at radius 3 is 1.28 bits per heavy atom. The minimum atomic E-state index is -3.21. The molecule has 0 saturated heterocycles. The molecular formula is C27H26SSn. The van der Waals surface area contributed by atoms with E-state index in [9.17, 15) is 0 Å². The summed E-state index contributed by atoms with van der Waals surface area (Å²) in [6.07, 6.45) is 1.09. The van der Waals surface area contributed by atoms with Gasteiger partial charge >= 0.3 is 182 Å². The van der Waals surface area contributed by atoms with E-state index in [1.807, 2.05) is 0 Å². The molecule has 4 aromatic carbocycles. The normalized spacial score (nSPS) is 11.3. The Labute approximate surface area is 181 Å². The molecule has 0 amide bonds. The van der Waals surface area contributed by atoms with Crippen molar-refractivity contribution >= 4 is 36.7 Å². The molecule has 0 aliphatic rings. The molecule has 0 aliphatic heterocycles. The standard InChI is InChI=1S/C9H12S.3C6H5.Sn/c1-2-8-3-5-9(7-10)6-4-8;3*1-2-4-6-5-3-1;/h3-6,10H,2,7H2,1H3;3*1-5H;/q;;;;+1/p-1. The van der Waals surface area contributed by atoms with Crippen LogP contribution in [0.4, 0.5) is 0 Å². The average Bonchev–Trinajstić information content (AvgIpc) is 2.82. The van der Waals surface area contributed by atoms with Crippen LogP contribution >= 0.6 is 8.95 Å². The van der Waals surface area contributed by atoms with Crippen LogP contribution in [0.25, 0.3) is 0 Å². The van der Waals surface area contributed by atoms with Gasteiger partial charge in [0, 0.05) is 0 Å². The first kappa shape index (κ1) is 20.3. The second-order valence-corrected chi connectivity index (χ2v) is 23.2. The van der Waals surface area contributed by atoms with Crippen LogP contribution in [0.5, 0.6) is 0 Å². The van der Waals surface area contributed by atoms with Crippen molar-refractivity contribution in [1.82, 2.24) is 0 Å². The summed E-state index contributed by atoms with van der Waals surface area (Å²) >= 11 is -3.21. The van der Waals surface area contributed by atoms with Gasteiger partial charge in [0.1, 0.15) is 0 Å².